The molecule has 0 amide bonds. The van der Waals surface area contributed by atoms with Gasteiger partial charge in [0.05, 0.1) is 18.1 Å². The Kier molecular flexibility index (Phi) is 3.09. The highest BCUT2D eigenvalue weighted by atomic mass is 19.4. The summed E-state index contributed by atoms with van der Waals surface area (Å²) in [4.78, 5) is 11.5. The van der Waals surface area contributed by atoms with E-state index in [0.29, 0.717) is 6.42 Å². The first-order valence-electron chi connectivity index (χ1n) is 5.62. The van der Waals surface area contributed by atoms with Gasteiger partial charge >= 0.3 is 12.1 Å². The number of carbonyl (C=O) groups is 1. The van der Waals surface area contributed by atoms with Gasteiger partial charge < -0.3 is 4.74 Å². The third-order valence-electron chi connectivity index (χ3n) is 3.30. The van der Waals surface area contributed by atoms with E-state index in [9.17, 15) is 18.0 Å². The van der Waals surface area contributed by atoms with Crippen molar-refractivity contribution in [3.8, 4) is 0 Å². The summed E-state index contributed by atoms with van der Waals surface area (Å²) in [5.41, 5.74) is -0.450. The first-order chi connectivity index (χ1) is 8.37. The van der Waals surface area contributed by atoms with Crippen molar-refractivity contribution in [1.82, 2.24) is 0 Å². The van der Waals surface area contributed by atoms with Crippen LogP contribution >= 0.6 is 0 Å². The standard InChI is InChI=1S/C13H13F3O2/c1-18-11(17)12(6-7-12)8-9-2-4-10(5-3-9)13(14,15)16/h2-5H,6-8H2,1H3. The van der Waals surface area contributed by atoms with Gasteiger partial charge in [0.1, 0.15) is 0 Å². The third kappa shape index (κ3) is 2.49. The SMILES string of the molecule is COC(=O)C1(Cc2ccc(C(F)(F)F)cc2)CC1. The van der Waals surface area contributed by atoms with Crippen molar-refractivity contribution in [3.63, 3.8) is 0 Å². The van der Waals surface area contributed by atoms with Crippen LogP contribution in [0.1, 0.15) is 24.0 Å². The molecule has 1 fully saturated rings. The van der Waals surface area contributed by atoms with Crippen LogP contribution in [-0.2, 0) is 22.1 Å². The van der Waals surface area contributed by atoms with E-state index in [4.69, 9.17) is 4.74 Å². The van der Waals surface area contributed by atoms with Crippen molar-refractivity contribution in [1.29, 1.82) is 0 Å². The van der Waals surface area contributed by atoms with E-state index in [1.165, 1.54) is 19.2 Å². The smallest absolute Gasteiger partial charge is 0.416 e. The molecule has 0 aliphatic heterocycles. The van der Waals surface area contributed by atoms with Crippen molar-refractivity contribution in [2.45, 2.75) is 25.4 Å². The summed E-state index contributed by atoms with van der Waals surface area (Å²) in [7, 11) is 1.33. The molecule has 0 bridgehead atoms. The Hall–Kier alpha value is -1.52. The summed E-state index contributed by atoms with van der Waals surface area (Å²) in [5.74, 6) is -0.276. The molecule has 98 valence electrons. The molecular formula is C13H13F3O2. The van der Waals surface area contributed by atoms with Crippen LogP contribution in [0.2, 0.25) is 0 Å². The Labute approximate surface area is 103 Å². The molecule has 2 rings (SSSR count). The Bertz CT molecular complexity index is 444. The molecule has 1 aliphatic rings. The molecule has 1 aromatic rings. The maximum absolute atomic E-state index is 12.4. The summed E-state index contributed by atoms with van der Waals surface area (Å²) in [6, 6.07) is 4.93. The highest BCUT2D eigenvalue weighted by Crippen LogP contribution is 2.49. The molecule has 5 heteroatoms. The summed E-state index contributed by atoms with van der Waals surface area (Å²) in [5, 5.41) is 0. The van der Waals surface area contributed by atoms with Crippen molar-refractivity contribution >= 4 is 5.97 Å². The summed E-state index contributed by atoms with van der Waals surface area (Å²) in [6.45, 7) is 0. The van der Waals surface area contributed by atoms with Crippen LogP contribution in [0.15, 0.2) is 24.3 Å². The van der Waals surface area contributed by atoms with Crippen molar-refractivity contribution in [2.24, 2.45) is 5.41 Å². The number of rotatable bonds is 3. The van der Waals surface area contributed by atoms with Gasteiger partial charge in [0.2, 0.25) is 0 Å². The zero-order chi connectivity index (χ0) is 13.4. The van der Waals surface area contributed by atoms with Crippen LogP contribution in [0.5, 0.6) is 0 Å². The van der Waals surface area contributed by atoms with Gasteiger partial charge in [-0.15, -0.1) is 0 Å². The maximum atomic E-state index is 12.4. The van der Waals surface area contributed by atoms with E-state index in [2.05, 4.69) is 0 Å². The molecule has 1 saturated carbocycles. The van der Waals surface area contributed by atoms with Gasteiger partial charge in [0, 0.05) is 0 Å². The minimum Gasteiger partial charge on any atom is -0.469 e. The minimum absolute atomic E-state index is 0.276. The van der Waals surface area contributed by atoms with E-state index in [-0.39, 0.29) is 5.97 Å². The fraction of sp³-hybridized carbons (Fsp3) is 0.462. The van der Waals surface area contributed by atoms with Gasteiger partial charge in [-0.2, -0.15) is 13.2 Å². The fourth-order valence-electron chi connectivity index (χ4n) is 2.02. The predicted molar refractivity (Wildman–Crippen MR) is 58.8 cm³/mol. The average Bonchev–Trinajstić information content (AvgIpc) is 3.08. The molecule has 1 aromatic carbocycles. The zero-order valence-electron chi connectivity index (χ0n) is 9.88. The summed E-state index contributed by atoms with van der Waals surface area (Å²) >= 11 is 0. The summed E-state index contributed by atoms with van der Waals surface area (Å²) in [6.07, 6.45) is -2.41. The molecule has 0 unspecified atom stereocenters. The zero-order valence-corrected chi connectivity index (χ0v) is 9.88. The number of hydrogen-bond donors (Lipinski definition) is 0. The molecule has 0 spiro atoms. The van der Waals surface area contributed by atoms with Gasteiger partial charge in [-0.3, -0.25) is 4.79 Å². The minimum atomic E-state index is -4.32. The van der Waals surface area contributed by atoms with Gasteiger partial charge in [-0.25, -0.2) is 0 Å². The Morgan fingerprint density at radius 2 is 1.83 bits per heavy atom. The van der Waals surface area contributed by atoms with Crippen LogP contribution < -0.4 is 0 Å². The topological polar surface area (TPSA) is 26.3 Å². The maximum Gasteiger partial charge on any atom is 0.416 e. The molecule has 0 radical (unpaired) electrons. The van der Waals surface area contributed by atoms with E-state index in [1.54, 1.807) is 0 Å². The Morgan fingerprint density at radius 3 is 2.22 bits per heavy atom. The van der Waals surface area contributed by atoms with Crippen LogP contribution in [0.25, 0.3) is 0 Å². The number of halogens is 3. The average molecular weight is 258 g/mol. The summed E-state index contributed by atoms with van der Waals surface area (Å²) < 4.78 is 41.8. The number of alkyl halides is 3. The van der Waals surface area contributed by atoms with Crippen LogP contribution in [0.3, 0.4) is 0 Å². The molecule has 18 heavy (non-hydrogen) atoms. The third-order valence-corrected chi connectivity index (χ3v) is 3.30. The second-order valence-electron chi connectivity index (χ2n) is 4.64. The van der Waals surface area contributed by atoms with Crippen molar-refractivity contribution in [2.75, 3.05) is 7.11 Å². The molecule has 0 aromatic heterocycles. The molecule has 1 aliphatic carbocycles. The highest BCUT2D eigenvalue weighted by molar-refractivity contribution is 5.80. The van der Waals surface area contributed by atoms with Gasteiger partial charge in [0.25, 0.3) is 0 Å². The molecule has 2 nitrogen and oxygen atoms in total. The van der Waals surface area contributed by atoms with Crippen molar-refractivity contribution in [3.05, 3.63) is 35.4 Å². The van der Waals surface area contributed by atoms with Crippen molar-refractivity contribution < 1.29 is 22.7 Å². The van der Waals surface area contributed by atoms with Crippen LogP contribution in [-0.4, -0.2) is 13.1 Å². The van der Waals surface area contributed by atoms with Gasteiger partial charge in [-0.05, 0) is 37.0 Å². The fourth-order valence-corrected chi connectivity index (χ4v) is 2.02. The lowest BCUT2D eigenvalue weighted by Gasteiger charge is -2.13. The number of ether oxygens (including phenoxy) is 1. The van der Waals surface area contributed by atoms with Gasteiger partial charge in [-0.1, -0.05) is 12.1 Å². The number of esters is 1. The van der Waals surface area contributed by atoms with E-state index >= 15 is 0 Å². The number of methoxy groups -OCH3 is 1. The number of benzene rings is 1. The second-order valence-corrected chi connectivity index (χ2v) is 4.64. The molecular weight excluding hydrogens is 245 g/mol. The lowest BCUT2D eigenvalue weighted by Crippen LogP contribution is -2.20. The van der Waals surface area contributed by atoms with Gasteiger partial charge in [0.15, 0.2) is 0 Å². The first kappa shape index (κ1) is 12.9. The largest absolute Gasteiger partial charge is 0.469 e. The first-order valence-corrected chi connectivity index (χ1v) is 5.62. The monoisotopic (exact) mass is 258 g/mol. The molecule has 0 N–H and O–H groups in total. The molecule has 0 atom stereocenters. The van der Waals surface area contributed by atoms with E-state index < -0.39 is 17.2 Å². The molecule has 0 heterocycles. The Morgan fingerprint density at radius 1 is 1.28 bits per heavy atom. The second kappa shape index (κ2) is 4.30. The van der Waals surface area contributed by atoms with Crippen LogP contribution in [0.4, 0.5) is 13.2 Å². The van der Waals surface area contributed by atoms with Crippen LogP contribution in [0, 0.1) is 5.41 Å². The van der Waals surface area contributed by atoms with E-state index in [0.717, 1.165) is 30.5 Å². The quantitative estimate of drug-likeness (QED) is 0.778. The molecule has 0 saturated heterocycles. The Balaban J connectivity index is 2.10. The normalized spacial score (nSPS) is 17.3. The number of carbonyl (C=O) groups excluding carboxylic acids is 1. The van der Waals surface area contributed by atoms with E-state index in [1.807, 2.05) is 0 Å². The lowest BCUT2D eigenvalue weighted by atomic mass is 9.96. The predicted octanol–water partition coefficient (Wildman–Crippen LogP) is 3.20. The lowest BCUT2D eigenvalue weighted by molar-refractivity contribution is -0.147. The highest BCUT2D eigenvalue weighted by Gasteiger charge is 2.50. The number of hydrogen-bond acceptors (Lipinski definition) is 2.